The topological polar surface area (TPSA) is 111 Å². The minimum absolute atomic E-state index is 0.128. The Labute approximate surface area is 221 Å². The first-order valence-electron chi connectivity index (χ1n) is 11.1. The number of halogens is 1. The molecule has 2 heterocycles. The fourth-order valence-electron chi connectivity index (χ4n) is 3.88. The summed E-state index contributed by atoms with van der Waals surface area (Å²) >= 11 is 2.33. The zero-order valence-corrected chi connectivity index (χ0v) is 21.7. The number of nitrogens with zero attached hydrogens (tertiary/aromatic N) is 5. The number of aromatic amines is 1. The molecule has 2 aromatic heterocycles. The van der Waals surface area contributed by atoms with Gasteiger partial charge in [-0.25, -0.2) is 0 Å². The number of ether oxygens (including phenoxy) is 1. The Morgan fingerprint density at radius 2 is 1.81 bits per heavy atom. The zero-order valence-electron chi connectivity index (χ0n) is 19.6. The van der Waals surface area contributed by atoms with Crippen LogP contribution in [0.5, 0.6) is 5.75 Å². The van der Waals surface area contributed by atoms with Crippen LogP contribution in [0.4, 0.5) is 5.95 Å². The molecule has 0 bridgehead atoms. The van der Waals surface area contributed by atoms with Crippen molar-refractivity contribution in [1.29, 1.82) is 0 Å². The standard InChI is InChI=1S/C26H22IN7O2/c1-16-11-20(13-21(27)12-16)23-14-24(18-7-9-22(36-2)10-8-18)34(31-23)15-17-3-5-19(6-4-17)25(35)28-26-29-32-33-30-26/h3-14H,15H2,1-2H3,(H2,28,29,30,32,33,35). The zero-order chi connectivity index (χ0) is 25.1. The lowest BCUT2D eigenvalue weighted by atomic mass is 10.1. The highest BCUT2D eigenvalue weighted by Crippen LogP contribution is 2.29. The first-order valence-corrected chi connectivity index (χ1v) is 12.2. The quantitative estimate of drug-likeness (QED) is 0.259. The van der Waals surface area contributed by atoms with Gasteiger partial charge < -0.3 is 4.74 Å². The van der Waals surface area contributed by atoms with Crippen LogP contribution in [0.25, 0.3) is 22.5 Å². The maximum absolute atomic E-state index is 12.4. The van der Waals surface area contributed by atoms with E-state index in [4.69, 9.17) is 9.84 Å². The summed E-state index contributed by atoms with van der Waals surface area (Å²) in [5.41, 5.74) is 6.69. The number of tetrazole rings is 1. The van der Waals surface area contributed by atoms with Crippen molar-refractivity contribution in [1.82, 2.24) is 30.4 Å². The highest BCUT2D eigenvalue weighted by molar-refractivity contribution is 14.1. The normalized spacial score (nSPS) is 10.9. The largest absolute Gasteiger partial charge is 0.497 e. The average Bonchev–Trinajstić information content (AvgIpc) is 3.54. The summed E-state index contributed by atoms with van der Waals surface area (Å²) in [6, 6.07) is 23.8. The van der Waals surface area contributed by atoms with E-state index in [-0.39, 0.29) is 11.9 Å². The summed E-state index contributed by atoms with van der Waals surface area (Å²) in [6.07, 6.45) is 0. The molecule has 9 nitrogen and oxygen atoms in total. The summed E-state index contributed by atoms with van der Waals surface area (Å²) < 4.78 is 8.48. The number of carbonyl (C=O) groups is 1. The van der Waals surface area contributed by atoms with Gasteiger partial charge in [-0.3, -0.25) is 14.8 Å². The highest BCUT2D eigenvalue weighted by Gasteiger charge is 2.14. The summed E-state index contributed by atoms with van der Waals surface area (Å²) in [5.74, 6) is 0.619. The Morgan fingerprint density at radius 3 is 2.47 bits per heavy atom. The summed E-state index contributed by atoms with van der Waals surface area (Å²) in [5, 5.41) is 20.8. The molecule has 0 saturated heterocycles. The molecule has 36 heavy (non-hydrogen) atoms. The average molecular weight is 591 g/mol. The van der Waals surface area contributed by atoms with Gasteiger partial charge in [0.25, 0.3) is 11.9 Å². The third-order valence-corrected chi connectivity index (χ3v) is 6.25. The Bertz CT molecular complexity index is 1470. The summed E-state index contributed by atoms with van der Waals surface area (Å²) in [6.45, 7) is 2.63. The molecule has 10 heteroatoms. The number of aromatic nitrogens is 6. The van der Waals surface area contributed by atoms with Crippen LogP contribution in [0.2, 0.25) is 0 Å². The van der Waals surface area contributed by atoms with Gasteiger partial charge >= 0.3 is 0 Å². The molecular weight excluding hydrogens is 569 g/mol. The minimum atomic E-state index is -0.308. The molecule has 180 valence electrons. The smallest absolute Gasteiger partial charge is 0.270 e. The van der Waals surface area contributed by atoms with Crippen molar-refractivity contribution in [3.8, 4) is 28.3 Å². The van der Waals surface area contributed by atoms with Crippen molar-refractivity contribution < 1.29 is 9.53 Å². The molecule has 0 aliphatic carbocycles. The van der Waals surface area contributed by atoms with Crippen LogP contribution in [0.1, 0.15) is 21.5 Å². The maximum Gasteiger partial charge on any atom is 0.270 e. The molecule has 0 fully saturated rings. The van der Waals surface area contributed by atoms with Gasteiger partial charge in [0.2, 0.25) is 0 Å². The Hall–Kier alpha value is -4.06. The molecule has 0 spiro atoms. The SMILES string of the molecule is COc1ccc(-c2cc(-c3cc(C)cc(I)c3)nn2Cc2ccc(C(=O)Nc3nn[nH]n3)cc2)cc1. The maximum atomic E-state index is 12.4. The number of aryl methyl sites for hydroxylation is 1. The Morgan fingerprint density at radius 1 is 1.03 bits per heavy atom. The lowest BCUT2D eigenvalue weighted by Crippen LogP contribution is -2.13. The predicted molar refractivity (Wildman–Crippen MR) is 145 cm³/mol. The van der Waals surface area contributed by atoms with E-state index in [9.17, 15) is 4.79 Å². The summed E-state index contributed by atoms with van der Waals surface area (Å²) in [4.78, 5) is 12.4. The number of methoxy groups -OCH3 is 1. The second kappa shape index (κ2) is 10.3. The molecule has 0 radical (unpaired) electrons. The van der Waals surface area contributed by atoms with Crippen LogP contribution in [0.15, 0.2) is 72.8 Å². The van der Waals surface area contributed by atoms with E-state index in [0.29, 0.717) is 12.1 Å². The van der Waals surface area contributed by atoms with Crippen LogP contribution >= 0.6 is 22.6 Å². The number of hydrogen-bond donors (Lipinski definition) is 2. The van der Waals surface area contributed by atoms with Crippen LogP contribution < -0.4 is 10.1 Å². The first-order chi connectivity index (χ1) is 17.5. The van der Waals surface area contributed by atoms with Crippen molar-refractivity contribution in [2.24, 2.45) is 0 Å². The van der Waals surface area contributed by atoms with E-state index >= 15 is 0 Å². The molecule has 0 aliphatic rings. The number of carbonyl (C=O) groups excluding carboxylic acids is 1. The van der Waals surface area contributed by atoms with Crippen molar-refractivity contribution in [2.45, 2.75) is 13.5 Å². The van der Waals surface area contributed by atoms with Crippen LogP contribution in [-0.4, -0.2) is 43.4 Å². The minimum Gasteiger partial charge on any atom is -0.497 e. The monoisotopic (exact) mass is 591 g/mol. The van der Waals surface area contributed by atoms with Gasteiger partial charge in [-0.15, -0.1) is 5.10 Å². The van der Waals surface area contributed by atoms with Gasteiger partial charge in [-0.1, -0.05) is 17.2 Å². The van der Waals surface area contributed by atoms with Gasteiger partial charge in [-0.2, -0.15) is 10.3 Å². The van der Waals surface area contributed by atoms with Crippen molar-refractivity contribution >= 4 is 34.4 Å². The van der Waals surface area contributed by atoms with E-state index in [0.717, 1.165) is 37.4 Å². The van der Waals surface area contributed by atoms with Crippen molar-refractivity contribution in [3.05, 3.63) is 93.1 Å². The summed E-state index contributed by atoms with van der Waals surface area (Å²) in [7, 11) is 1.66. The molecule has 3 aromatic carbocycles. The van der Waals surface area contributed by atoms with Gasteiger partial charge in [0, 0.05) is 20.3 Å². The number of anilines is 1. The second-order valence-electron chi connectivity index (χ2n) is 8.20. The number of nitrogens with one attached hydrogen (secondary N) is 2. The van der Waals surface area contributed by atoms with E-state index in [1.54, 1.807) is 19.2 Å². The Balaban J connectivity index is 1.45. The molecule has 5 aromatic rings. The Kier molecular flexibility index (Phi) is 6.76. The number of benzene rings is 3. The fourth-order valence-corrected chi connectivity index (χ4v) is 4.71. The molecular formula is C26H22IN7O2. The molecule has 2 N–H and O–H groups in total. The highest BCUT2D eigenvalue weighted by atomic mass is 127. The van der Waals surface area contributed by atoms with Gasteiger partial charge in [-0.05, 0) is 107 Å². The van der Waals surface area contributed by atoms with Gasteiger partial charge in [0.15, 0.2) is 0 Å². The molecule has 1 amide bonds. The molecule has 0 atom stereocenters. The molecule has 5 rings (SSSR count). The van der Waals surface area contributed by atoms with Crippen molar-refractivity contribution in [2.75, 3.05) is 12.4 Å². The lowest BCUT2D eigenvalue weighted by molar-refractivity contribution is 0.102. The van der Waals surface area contributed by atoms with Crippen molar-refractivity contribution in [3.63, 3.8) is 0 Å². The molecule has 0 unspecified atom stereocenters. The fraction of sp³-hybridized carbons (Fsp3) is 0.115. The van der Waals surface area contributed by atoms with E-state index in [1.807, 2.05) is 41.1 Å². The lowest BCUT2D eigenvalue weighted by Gasteiger charge is -2.09. The first kappa shape index (κ1) is 23.7. The molecule has 0 aliphatic heterocycles. The second-order valence-corrected chi connectivity index (χ2v) is 9.45. The van der Waals surface area contributed by atoms with Gasteiger partial charge in [0.1, 0.15) is 5.75 Å². The number of amides is 1. The number of hydrogen-bond acceptors (Lipinski definition) is 6. The van der Waals surface area contributed by atoms with E-state index in [2.05, 4.69) is 79.7 Å². The van der Waals surface area contributed by atoms with E-state index in [1.165, 1.54) is 5.56 Å². The number of rotatable bonds is 7. The van der Waals surface area contributed by atoms with E-state index < -0.39 is 0 Å². The van der Waals surface area contributed by atoms with Crippen LogP contribution in [-0.2, 0) is 6.54 Å². The number of H-pyrrole nitrogens is 1. The van der Waals surface area contributed by atoms with Crippen LogP contribution in [0.3, 0.4) is 0 Å². The third-order valence-electron chi connectivity index (χ3n) is 5.62. The predicted octanol–water partition coefficient (Wildman–Crippen LogP) is 4.95. The molecule has 0 saturated carbocycles. The van der Waals surface area contributed by atoms with Crippen LogP contribution in [0, 0.1) is 10.5 Å². The van der Waals surface area contributed by atoms with Gasteiger partial charge in [0.05, 0.1) is 25.0 Å². The third kappa shape index (κ3) is 5.28.